The molecule has 0 spiro atoms. The van der Waals surface area contributed by atoms with Gasteiger partial charge < -0.3 is 5.32 Å². The smallest absolute Gasteiger partial charge is 0.248 e. The first-order valence-corrected chi connectivity index (χ1v) is 6.18. The van der Waals surface area contributed by atoms with Crippen LogP contribution in [0.4, 0.5) is 10.1 Å². The Morgan fingerprint density at radius 3 is 3.00 bits per heavy atom. The molecule has 92 valence electrons. The van der Waals surface area contributed by atoms with Gasteiger partial charge in [-0.3, -0.25) is 4.79 Å². The van der Waals surface area contributed by atoms with Crippen molar-refractivity contribution in [2.24, 2.45) is 0 Å². The Morgan fingerprint density at radius 1 is 1.50 bits per heavy atom. The zero-order valence-corrected chi connectivity index (χ0v) is 10.5. The number of carbonyl (C=O) groups is 1. The molecule has 0 unspecified atom stereocenters. The number of nitrogens with zero attached hydrogens (tertiary/aromatic N) is 1. The van der Waals surface area contributed by atoms with E-state index in [4.69, 9.17) is 0 Å². The second-order valence-corrected chi connectivity index (χ2v) is 4.60. The summed E-state index contributed by atoms with van der Waals surface area (Å²) in [4.78, 5) is 15.6. The number of rotatable bonds is 3. The maximum absolute atomic E-state index is 13.5. The van der Waals surface area contributed by atoms with Gasteiger partial charge in [-0.1, -0.05) is 6.07 Å². The molecule has 0 bridgehead atoms. The van der Waals surface area contributed by atoms with Crippen LogP contribution in [0.1, 0.15) is 10.6 Å². The molecule has 1 aromatic carbocycles. The molecule has 2 rings (SSSR count). The molecule has 0 aliphatic carbocycles. The Morgan fingerprint density at radius 2 is 2.33 bits per heavy atom. The SMILES string of the molecule is Cc1ccc(NC(=O)/C=C/c2nccs2)c(F)c1. The van der Waals surface area contributed by atoms with Crippen LogP contribution in [0, 0.1) is 12.7 Å². The van der Waals surface area contributed by atoms with Crippen LogP contribution in [0.2, 0.25) is 0 Å². The molecular weight excluding hydrogens is 251 g/mol. The van der Waals surface area contributed by atoms with Crippen molar-refractivity contribution in [1.82, 2.24) is 4.98 Å². The first-order chi connectivity index (χ1) is 8.65. The maximum atomic E-state index is 13.5. The van der Waals surface area contributed by atoms with Gasteiger partial charge in [0.25, 0.3) is 0 Å². The van der Waals surface area contributed by atoms with E-state index in [1.165, 1.54) is 23.5 Å². The summed E-state index contributed by atoms with van der Waals surface area (Å²) in [7, 11) is 0. The largest absolute Gasteiger partial charge is 0.320 e. The summed E-state index contributed by atoms with van der Waals surface area (Å²) in [6.07, 6.45) is 4.58. The summed E-state index contributed by atoms with van der Waals surface area (Å²) >= 11 is 1.42. The Balaban J connectivity index is 2.03. The minimum Gasteiger partial charge on any atom is -0.320 e. The normalized spacial score (nSPS) is 10.8. The van der Waals surface area contributed by atoms with Crippen molar-refractivity contribution in [3.05, 3.63) is 52.2 Å². The topological polar surface area (TPSA) is 42.0 Å². The lowest BCUT2D eigenvalue weighted by molar-refractivity contribution is -0.111. The molecule has 0 saturated carbocycles. The van der Waals surface area contributed by atoms with E-state index in [1.54, 1.807) is 31.3 Å². The lowest BCUT2D eigenvalue weighted by Gasteiger charge is -2.04. The average molecular weight is 262 g/mol. The standard InChI is InChI=1S/C13H11FN2OS/c1-9-2-3-11(10(14)8-9)16-12(17)4-5-13-15-6-7-18-13/h2-8H,1H3,(H,16,17)/b5-4+. The van der Waals surface area contributed by atoms with Gasteiger partial charge in [-0.2, -0.15) is 0 Å². The van der Waals surface area contributed by atoms with Gasteiger partial charge in [0.1, 0.15) is 10.8 Å². The van der Waals surface area contributed by atoms with Gasteiger partial charge in [0, 0.05) is 17.7 Å². The molecule has 1 aromatic heterocycles. The number of carbonyl (C=O) groups excluding carboxylic acids is 1. The number of amides is 1. The monoisotopic (exact) mass is 262 g/mol. The van der Waals surface area contributed by atoms with Gasteiger partial charge in [0.15, 0.2) is 0 Å². The van der Waals surface area contributed by atoms with Crippen molar-refractivity contribution in [2.45, 2.75) is 6.92 Å². The molecule has 1 heterocycles. The molecule has 0 aliphatic heterocycles. The fraction of sp³-hybridized carbons (Fsp3) is 0.0769. The summed E-state index contributed by atoms with van der Waals surface area (Å²) in [5, 5.41) is 5.02. The number of anilines is 1. The fourth-order valence-corrected chi connectivity index (χ4v) is 1.89. The van der Waals surface area contributed by atoms with E-state index in [9.17, 15) is 9.18 Å². The number of aromatic nitrogens is 1. The molecule has 18 heavy (non-hydrogen) atoms. The number of aryl methyl sites for hydroxylation is 1. The van der Waals surface area contributed by atoms with Crippen molar-refractivity contribution in [3.63, 3.8) is 0 Å². The van der Waals surface area contributed by atoms with E-state index in [0.29, 0.717) is 0 Å². The highest BCUT2D eigenvalue weighted by Gasteiger charge is 2.04. The maximum Gasteiger partial charge on any atom is 0.248 e. The number of benzene rings is 1. The fourth-order valence-electron chi connectivity index (χ4n) is 1.36. The van der Waals surface area contributed by atoms with Crippen LogP contribution in [-0.4, -0.2) is 10.9 Å². The summed E-state index contributed by atoms with van der Waals surface area (Å²) < 4.78 is 13.5. The first-order valence-electron chi connectivity index (χ1n) is 5.30. The van der Waals surface area contributed by atoms with E-state index in [0.717, 1.165) is 10.6 Å². The van der Waals surface area contributed by atoms with Crippen LogP contribution < -0.4 is 5.32 Å². The van der Waals surface area contributed by atoms with Crippen molar-refractivity contribution in [2.75, 3.05) is 5.32 Å². The average Bonchev–Trinajstić information content (AvgIpc) is 2.83. The molecule has 0 atom stereocenters. The molecule has 0 saturated heterocycles. The Labute approximate surface area is 108 Å². The van der Waals surface area contributed by atoms with Gasteiger partial charge in [-0.25, -0.2) is 9.37 Å². The summed E-state index contributed by atoms with van der Waals surface area (Å²) in [6.45, 7) is 1.79. The van der Waals surface area contributed by atoms with Crippen LogP contribution >= 0.6 is 11.3 Å². The van der Waals surface area contributed by atoms with E-state index < -0.39 is 5.82 Å². The van der Waals surface area contributed by atoms with Crippen molar-refractivity contribution < 1.29 is 9.18 Å². The lowest BCUT2D eigenvalue weighted by Crippen LogP contribution is -2.09. The number of hydrogen-bond acceptors (Lipinski definition) is 3. The van der Waals surface area contributed by atoms with Gasteiger partial charge in [-0.05, 0) is 30.7 Å². The van der Waals surface area contributed by atoms with Crippen molar-refractivity contribution >= 4 is 29.0 Å². The highest BCUT2D eigenvalue weighted by molar-refractivity contribution is 7.10. The summed E-state index contributed by atoms with van der Waals surface area (Å²) in [6, 6.07) is 4.66. The van der Waals surface area contributed by atoms with E-state index in [1.807, 2.05) is 5.38 Å². The zero-order chi connectivity index (χ0) is 13.0. The quantitative estimate of drug-likeness (QED) is 0.863. The number of hydrogen-bond donors (Lipinski definition) is 1. The third kappa shape index (κ3) is 3.24. The molecule has 0 fully saturated rings. The molecule has 0 radical (unpaired) electrons. The third-order valence-corrected chi connectivity index (χ3v) is 2.95. The first kappa shape index (κ1) is 12.4. The second-order valence-electron chi connectivity index (χ2n) is 3.68. The van der Waals surface area contributed by atoms with Crippen LogP contribution in [0.3, 0.4) is 0 Å². The predicted molar refractivity (Wildman–Crippen MR) is 70.9 cm³/mol. The van der Waals surface area contributed by atoms with E-state index >= 15 is 0 Å². The van der Waals surface area contributed by atoms with Crippen molar-refractivity contribution in [1.29, 1.82) is 0 Å². The minimum atomic E-state index is -0.439. The Bertz CT molecular complexity index is 579. The molecule has 3 nitrogen and oxygen atoms in total. The second kappa shape index (κ2) is 5.55. The Kier molecular flexibility index (Phi) is 3.84. The van der Waals surface area contributed by atoms with Gasteiger partial charge >= 0.3 is 0 Å². The number of nitrogens with one attached hydrogen (secondary N) is 1. The van der Waals surface area contributed by atoms with E-state index in [-0.39, 0.29) is 11.6 Å². The molecule has 1 amide bonds. The van der Waals surface area contributed by atoms with Crippen LogP contribution in [0.25, 0.3) is 6.08 Å². The highest BCUT2D eigenvalue weighted by Crippen LogP contribution is 2.15. The highest BCUT2D eigenvalue weighted by atomic mass is 32.1. The summed E-state index contributed by atoms with van der Waals surface area (Å²) in [5.74, 6) is -0.820. The number of thiazole rings is 1. The van der Waals surface area contributed by atoms with E-state index in [2.05, 4.69) is 10.3 Å². The minimum absolute atomic E-state index is 0.175. The molecule has 5 heteroatoms. The van der Waals surface area contributed by atoms with Gasteiger partial charge in [-0.15, -0.1) is 11.3 Å². The Hall–Kier alpha value is -2.01. The zero-order valence-electron chi connectivity index (χ0n) is 9.68. The predicted octanol–water partition coefficient (Wildman–Crippen LogP) is 3.24. The van der Waals surface area contributed by atoms with Crippen LogP contribution in [0.5, 0.6) is 0 Å². The number of halogens is 1. The molecule has 1 N–H and O–H groups in total. The summed E-state index contributed by atoms with van der Waals surface area (Å²) in [5.41, 5.74) is 0.984. The van der Waals surface area contributed by atoms with Gasteiger partial charge in [0.2, 0.25) is 5.91 Å². The molecule has 2 aromatic rings. The van der Waals surface area contributed by atoms with Crippen LogP contribution in [0.15, 0.2) is 35.9 Å². The third-order valence-electron chi connectivity index (χ3n) is 2.21. The van der Waals surface area contributed by atoms with Crippen molar-refractivity contribution in [3.8, 4) is 0 Å². The lowest BCUT2D eigenvalue weighted by atomic mass is 10.2. The molecule has 0 aliphatic rings. The molecular formula is C13H11FN2OS. The van der Waals surface area contributed by atoms with Gasteiger partial charge in [0.05, 0.1) is 5.69 Å². The van der Waals surface area contributed by atoms with Crippen LogP contribution in [-0.2, 0) is 4.79 Å².